The van der Waals surface area contributed by atoms with Crippen molar-refractivity contribution in [2.24, 2.45) is 5.73 Å². The first-order chi connectivity index (χ1) is 6.94. The molecule has 15 heavy (non-hydrogen) atoms. The first-order valence-electron chi connectivity index (χ1n) is 5.10. The number of hydrogen-bond donors (Lipinski definition) is 1. The molecular weight excluding hydrogens is 209 g/mol. The number of thioether (sulfide) groups is 1. The van der Waals surface area contributed by atoms with Crippen LogP contribution < -0.4 is 5.73 Å². The first kappa shape index (κ1) is 12.5. The van der Waals surface area contributed by atoms with Crippen LogP contribution in [0.3, 0.4) is 0 Å². The lowest BCUT2D eigenvalue weighted by Gasteiger charge is -2.20. The van der Waals surface area contributed by atoms with Crippen molar-refractivity contribution in [1.82, 2.24) is 0 Å². The van der Waals surface area contributed by atoms with Crippen LogP contribution >= 0.6 is 11.8 Å². The molecule has 1 aromatic rings. The van der Waals surface area contributed by atoms with Crippen molar-refractivity contribution in [1.29, 1.82) is 0 Å². The zero-order valence-electron chi connectivity index (χ0n) is 9.51. The summed E-state index contributed by atoms with van der Waals surface area (Å²) in [5.74, 6) is -0.138. The molecule has 0 heterocycles. The van der Waals surface area contributed by atoms with Gasteiger partial charge in [0.05, 0.1) is 0 Å². The van der Waals surface area contributed by atoms with Crippen LogP contribution in [0.15, 0.2) is 23.1 Å². The van der Waals surface area contributed by atoms with E-state index in [1.165, 1.54) is 6.07 Å². The Kier molecular flexibility index (Phi) is 4.17. The van der Waals surface area contributed by atoms with Crippen LogP contribution in [0, 0.1) is 5.82 Å². The van der Waals surface area contributed by atoms with E-state index in [0.29, 0.717) is 6.54 Å². The molecule has 1 rings (SSSR count). The molecular formula is C12H18FNS. The maximum absolute atomic E-state index is 13.6. The molecule has 1 aromatic carbocycles. The zero-order chi connectivity index (χ0) is 11.5. The van der Waals surface area contributed by atoms with Gasteiger partial charge in [0.1, 0.15) is 5.82 Å². The first-order valence-corrected chi connectivity index (χ1v) is 5.92. The largest absolute Gasteiger partial charge is 0.330 e. The third-order valence-corrected chi connectivity index (χ3v) is 3.14. The van der Waals surface area contributed by atoms with Gasteiger partial charge in [-0.3, -0.25) is 0 Å². The number of benzene rings is 1. The van der Waals surface area contributed by atoms with Crippen molar-refractivity contribution in [3.63, 3.8) is 0 Å². The number of nitrogens with two attached hydrogens (primary N) is 1. The highest BCUT2D eigenvalue weighted by Gasteiger charge is 2.17. The third-order valence-electron chi connectivity index (χ3n) is 1.87. The van der Waals surface area contributed by atoms with E-state index in [2.05, 4.69) is 20.8 Å². The molecule has 0 spiro atoms. The maximum atomic E-state index is 13.6. The highest BCUT2D eigenvalue weighted by Crippen LogP contribution is 2.35. The van der Waals surface area contributed by atoms with Gasteiger partial charge in [-0.05, 0) is 24.6 Å². The number of rotatable bonds is 3. The molecule has 1 nitrogen and oxygen atoms in total. The lowest BCUT2D eigenvalue weighted by molar-refractivity contribution is 0.595. The molecule has 0 saturated heterocycles. The highest BCUT2D eigenvalue weighted by atomic mass is 32.2. The molecule has 0 aromatic heterocycles. The Morgan fingerprint density at radius 2 is 2.00 bits per heavy atom. The molecule has 0 amide bonds. The highest BCUT2D eigenvalue weighted by molar-refractivity contribution is 8.00. The summed E-state index contributed by atoms with van der Waals surface area (Å²) in [6.45, 7) is 6.80. The smallest absolute Gasteiger partial charge is 0.137 e. The average molecular weight is 227 g/mol. The lowest BCUT2D eigenvalue weighted by atomic mass is 10.1. The number of hydrogen-bond acceptors (Lipinski definition) is 2. The summed E-state index contributed by atoms with van der Waals surface area (Å²) in [5, 5.41) is 0. The molecule has 0 atom stereocenters. The fraction of sp³-hybridized carbons (Fsp3) is 0.500. The van der Waals surface area contributed by atoms with Crippen LogP contribution in [0.4, 0.5) is 4.39 Å². The predicted molar refractivity (Wildman–Crippen MR) is 64.8 cm³/mol. The van der Waals surface area contributed by atoms with Crippen molar-refractivity contribution < 1.29 is 4.39 Å². The molecule has 0 saturated carbocycles. The minimum absolute atomic E-state index is 0.0194. The van der Waals surface area contributed by atoms with Crippen LogP contribution in [-0.2, 0) is 6.42 Å². The van der Waals surface area contributed by atoms with Crippen molar-refractivity contribution in [2.45, 2.75) is 36.8 Å². The fourth-order valence-electron chi connectivity index (χ4n) is 1.33. The normalized spacial score (nSPS) is 11.8. The van der Waals surface area contributed by atoms with Crippen LogP contribution in [0.25, 0.3) is 0 Å². The quantitative estimate of drug-likeness (QED) is 0.802. The van der Waals surface area contributed by atoms with Gasteiger partial charge >= 0.3 is 0 Å². The van der Waals surface area contributed by atoms with E-state index in [-0.39, 0.29) is 10.6 Å². The van der Waals surface area contributed by atoms with E-state index in [9.17, 15) is 4.39 Å². The molecule has 2 N–H and O–H groups in total. The van der Waals surface area contributed by atoms with Crippen molar-refractivity contribution in [3.05, 3.63) is 29.6 Å². The maximum Gasteiger partial charge on any atom is 0.137 e. The predicted octanol–water partition coefficient (Wildman–Crippen LogP) is 3.22. The molecule has 3 heteroatoms. The summed E-state index contributed by atoms with van der Waals surface area (Å²) in [6.07, 6.45) is 0.732. The number of halogens is 1. The monoisotopic (exact) mass is 227 g/mol. The van der Waals surface area contributed by atoms with Gasteiger partial charge in [-0.15, -0.1) is 11.8 Å². The summed E-state index contributed by atoms with van der Waals surface area (Å²) in [4.78, 5) is 0.746. The minimum atomic E-state index is -0.138. The summed E-state index contributed by atoms with van der Waals surface area (Å²) in [5.41, 5.74) is 6.52. The topological polar surface area (TPSA) is 26.0 Å². The van der Waals surface area contributed by atoms with E-state index >= 15 is 0 Å². The van der Waals surface area contributed by atoms with E-state index in [1.54, 1.807) is 17.8 Å². The summed E-state index contributed by atoms with van der Waals surface area (Å²) >= 11 is 1.56. The van der Waals surface area contributed by atoms with Gasteiger partial charge in [0.2, 0.25) is 0 Å². The Morgan fingerprint density at radius 1 is 1.33 bits per heavy atom. The molecule has 0 aliphatic carbocycles. The molecule has 0 aliphatic rings. The standard InChI is InChI=1S/C12H18FNS/c1-12(2,3)15-11-9(7-8-14)5-4-6-10(11)13/h4-6H,7-8,14H2,1-3H3. The van der Waals surface area contributed by atoms with Gasteiger partial charge in [-0.2, -0.15) is 0 Å². The van der Waals surface area contributed by atoms with Gasteiger partial charge in [0.15, 0.2) is 0 Å². The zero-order valence-corrected chi connectivity index (χ0v) is 10.3. The van der Waals surface area contributed by atoms with Gasteiger partial charge in [0, 0.05) is 9.64 Å². The Bertz CT molecular complexity index is 331. The van der Waals surface area contributed by atoms with E-state index in [0.717, 1.165) is 16.9 Å². The summed E-state index contributed by atoms with van der Waals surface area (Å²) in [6, 6.07) is 5.20. The molecule has 0 unspecified atom stereocenters. The molecule has 0 fully saturated rings. The molecule has 84 valence electrons. The average Bonchev–Trinajstić information content (AvgIpc) is 2.10. The third kappa shape index (κ3) is 3.84. The van der Waals surface area contributed by atoms with Crippen LogP contribution in [0.5, 0.6) is 0 Å². The van der Waals surface area contributed by atoms with Crippen molar-refractivity contribution in [2.75, 3.05) is 6.54 Å². The Hall–Kier alpha value is -0.540. The fourth-order valence-corrected chi connectivity index (χ4v) is 2.41. The van der Waals surface area contributed by atoms with Gasteiger partial charge < -0.3 is 5.73 Å². The molecule has 0 bridgehead atoms. The Balaban J connectivity index is 3.02. The molecule has 0 radical (unpaired) electrons. The van der Waals surface area contributed by atoms with E-state index < -0.39 is 0 Å². The summed E-state index contributed by atoms with van der Waals surface area (Å²) < 4.78 is 13.7. The lowest BCUT2D eigenvalue weighted by Crippen LogP contribution is -2.10. The Labute approximate surface area is 95.2 Å². The second kappa shape index (κ2) is 4.99. The minimum Gasteiger partial charge on any atom is -0.330 e. The van der Waals surface area contributed by atoms with Crippen molar-refractivity contribution >= 4 is 11.8 Å². The van der Waals surface area contributed by atoms with Crippen LogP contribution in [0.1, 0.15) is 26.3 Å². The second-order valence-corrected chi connectivity index (χ2v) is 6.32. The van der Waals surface area contributed by atoms with Crippen LogP contribution in [0.2, 0.25) is 0 Å². The Morgan fingerprint density at radius 3 is 2.53 bits per heavy atom. The van der Waals surface area contributed by atoms with E-state index in [1.807, 2.05) is 6.07 Å². The van der Waals surface area contributed by atoms with Gasteiger partial charge in [0.25, 0.3) is 0 Å². The van der Waals surface area contributed by atoms with Gasteiger partial charge in [-0.1, -0.05) is 32.9 Å². The summed E-state index contributed by atoms with van der Waals surface area (Å²) in [7, 11) is 0. The molecule has 0 aliphatic heterocycles. The van der Waals surface area contributed by atoms with Gasteiger partial charge in [-0.25, -0.2) is 4.39 Å². The van der Waals surface area contributed by atoms with E-state index in [4.69, 9.17) is 5.73 Å². The SMILES string of the molecule is CC(C)(C)Sc1c(F)cccc1CCN. The van der Waals surface area contributed by atoms with Crippen LogP contribution in [-0.4, -0.2) is 11.3 Å². The van der Waals surface area contributed by atoms with Crippen molar-refractivity contribution in [3.8, 4) is 0 Å². The second-order valence-electron chi connectivity index (χ2n) is 4.48.